The van der Waals surface area contributed by atoms with Crippen molar-refractivity contribution in [2.24, 2.45) is 0 Å². The number of carbonyl (C=O) groups is 2. The molecule has 0 saturated carbocycles. The number of anilines is 1. The summed E-state index contributed by atoms with van der Waals surface area (Å²) in [6.45, 7) is 7.92. The zero-order chi connectivity index (χ0) is 22.7. The van der Waals surface area contributed by atoms with Gasteiger partial charge in [-0.3, -0.25) is 9.69 Å². The fourth-order valence-corrected chi connectivity index (χ4v) is 5.22. The molecule has 0 radical (unpaired) electrons. The number of fused-ring (bicyclic) bond motifs is 2. The SMILES string of the molecule is CCOC(=O)c1c(NC(=O)COc2ccc3ccccc3c2)sc2c1CCN(C(C)C)C2. The number of ether oxygens (including phenoxy) is 2. The lowest BCUT2D eigenvalue weighted by Crippen LogP contribution is -2.35. The minimum absolute atomic E-state index is 0.138. The van der Waals surface area contributed by atoms with Gasteiger partial charge >= 0.3 is 5.97 Å². The number of amides is 1. The predicted octanol–water partition coefficient (Wildman–Crippen LogP) is 4.86. The van der Waals surface area contributed by atoms with Crippen molar-refractivity contribution in [1.82, 2.24) is 4.90 Å². The van der Waals surface area contributed by atoms with Gasteiger partial charge in [0.1, 0.15) is 10.8 Å². The average Bonchev–Trinajstić information content (AvgIpc) is 3.14. The van der Waals surface area contributed by atoms with E-state index >= 15 is 0 Å². The van der Waals surface area contributed by atoms with Crippen LogP contribution in [-0.4, -0.2) is 42.6 Å². The van der Waals surface area contributed by atoms with Crippen molar-refractivity contribution < 1.29 is 19.1 Å². The maximum atomic E-state index is 12.7. The number of esters is 1. The normalized spacial score (nSPS) is 13.8. The van der Waals surface area contributed by atoms with Crippen LogP contribution >= 0.6 is 11.3 Å². The molecule has 32 heavy (non-hydrogen) atoms. The van der Waals surface area contributed by atoms with Crippen LogP contribution in [-0.2, 0) is 22.5 Å². The first kappa shape index (κ1) is 22.3. The number of benzene rings is 2. The van der Waals surface area contributed by atoms with E-state index in [-0.39, 0.29) is 18.5 Å². The molecule has 168 valence electrons. The van der Waals surface area contributed by atoms with Crippen LogP contribution in [0.3, 0.4) is 0 Å². The monoisotopic (exact) mass is 452 g/mol. The Balaban J connectivity index is 1.49. The highest BCUT2D eigenvalue weighted by atomic mass is 32.1. The maximum absolute atomic E-state index is 12.7. The number of hydrogen-bond acceptors (Lipinski definition) is 6. The van der Waals surface area contributed by atoms with Crippen LogP contribution in [0.5, 0.6) is 5.75 Å². The van der Waals surface area contributed by atoms with Crippen molar-refractivity contribution >= 4 is 39.0 Å². The molecule has 0 bridgehead atoms. The van der Waals surface area contributed by atoms with Crippen molar-refractivity contribution in [3.63, 3.8) is 0 Å². The molecule has 1 amide bonds. The van der Waals surface area contributed by atoms with Gasteiger partial charge < -0.3 is 14.8 Å². The molecule has 0 spiro atoms. The van der Waals surface area contributed by atoms with Crippen molar-refractivity contribution in [3.8, 4) is 5.75 Å². The number of rotatable bonds is 7. The molecule has 0 fully saturated rings. The first-order chi connectivity index (χ1) is 15.5. The van der Waals surface area contributed by atoms with Gasteiger partial charge in [-0.2, -0.15) is 0 Å². The minimum atomic E-state index is -0.381. The van der Waals surface area contributed by atoms with Gasteiger partial charge in [0.25, 0.3) is 5.91 Å². The zero-order valence-corrected chi connectivity index (χ0v) is 19.5. The number of carbonyl (C=O) groups excluding carboxylic acids is 2. The largest absolute Gasteiger partial charge is 0.484 e. The quantitative estimate of drug-likeness (QED) is 0.519. The first-order valence-electron chi connectivity index (χ1n) is 10.9. The van der Waals surface area contributed by atoms with Crippen LogP contribution in [0.1, 0.15) is 41.6 Å². The number of nitrogens with one attached hydrogen (secondary N) is 1. The van der Waals surface area contributed by atoms with E-state index in [2.05, 4.69) is 24.1 Å². The van der Waals surface area contributed by atoms with Crippen LogP contribution in [0.2, 0.25) is 0 Å². The van der Waals surface area contributed by atoms with Gasteiger partial charge in [-0.25, -0.2) is 4.79 Å². The summed E-state index contributed by atoms with van der Waals surface area (Å²) in [6.07, 6.45) is 0.765. The molecule has 1 aliphatic rings. The summed E-state index contributed by atoms with van der Waals surface area (Å²) in [5, 5.41) is 5.61. The second-order valence-electron chi connectivity index (χ2n) is 8.09. The topological polar surface area (TPSA) is 67.9 Å². The molecule has 0 unspecified atom stereocenters. The molecule has 3 aromatic rings. The van der Waals surface area contributed by atoms with Gasteiger partial charge in [-0.1, -0.05) is 30.3 Å². The molecule has 7 heteroatoms. The van der Waals surface area contributed by atoms with Crippen LogP contribution in [0.15, 0.2) is 42.5 Å². The van der Waals surface area contributed by atoms with E-state index in [0.29, 0.717) is 29.0 Å². The van der Waals surface area contributed by atoms with E-state index in [1.807, 2.05) is 42.5 Å². The van der Waals surface area contributed by atoms with Crippen molar-refractivity contribution in [2.75, 3.05) is 25.1 Å². The maximum Gasteiger partial charge on any atom is 0.341 e. The Morgan fingerprint density at radius 2 is 1.94 bits per heavy atom. The number of nitrogens with zero attached hydrogens (tertiary/aromatic N) is 1. The Bertz CT molecular complexity index is 1140. The lowest BCUT2D eigenvalue weighted by atomic mass is 10.0. The molecule has 4 rings (SSSR count). The molecule has 1 N–H and O–H groups in total. The molecule has 1 aromatic heterocycles. The summed E-state index contributed by atoms with van der Waals surface area (Å²) in [7, 11) is 0. The Morgan fingerprint density at radius 3 is 2.69 bits per heavy atom. The summed E-state index contributed by atoms with van der Waals surface area (Å²) in [5.41, 5.74) is 1.49. The predicted molar refractivity (Wildman–Crippen MR) is 128 cm³/mol. The summed E-state index contributed by atoms with van der Waals surface area (Å²) >= 11 is 1.46. The summed E-state index contributed by atoms with van der Waals surface area (Å²) in [5.74, 6) is -0.0562. The van der Waals surface area contributed by atoms with Crippen molar-refractivity contribution in [1.29, 1.82) is 0 Å². The van der Waals surface area contributed by atoms with Crippen LogP contribution in [0.4, 0.5) is 5.00 Å². The van der Waals surface area contributed by atoms with E-state index in [1.165, 1.54) is 11.3 Å². The third-order valence-corrected chi connectivity index (χ3v) is 6.77. The van der Waals surface area contributed by atoms with Crippen LogP contribution < -0.4 is 10.1 Å². The molecular weight excluding hydrogens is 424 g/mol. The summed E-state index contributed by atoms with van der Waals surface area (Å²) < 4.78 is 11.0. The zero-order valence-electron chi connectivity index (χ0n) is 18.6. The van der Waals surface area contributed by atoms with Crippen molar-refractivity contribution in [2.45, 2.75) is 39.8 Å². The number of hydrogen-bond donors (Lipinski definition) is 1. The van der Waals surface area contributed by atoms with Gasteiger partial charge in [-0.05, 0) is 55.7 Å². The van der Waals surface area contributed by atoms with E-state index in [4.69, 9.17) is 9.47 Å². The summed E-state index contributed by atoms with van der Waals surface area (Å²) in [6, 6.07) is 14.1. The van der Waals surface area contributed by atoms with Gasteiger partial charge in [0, 0.05) is 24.0 Å². The minimum Gasteiger partial charge on any atom is -0.484 e. The molecule has 6 nitrogen and oxygen atoms in total. The lowest BCUT2D eigenvalue weighted by molar-refractivity contribution is -0.118. The highest BCUT2D eigenvalue weighted by Crippen LogP contribution is 2.38. The fourth-order valence-electron chi connectivity index (χ4n) is 3.94. The van der Waals surface area contributed by atoms with Crippen LogP contribution in [0, 0.1) is 0 Å². The fraction of sp³-hybridized carbons (Fsp3) is 0.360. The molecule has 0 saturated heterocycles. The first-order valence-corrected chi connectivity index (χ1v) is 11.7. The third kappa shape index (κ3) is 4.79. The molecule has 1 aliphatic heterocycles. The second-order valence-corrected chi connectivity index (χ2v) is 9.19. The molecule has 2 heterocycles. The highest BCUT2D eigenvalue weighted by Gasteiger charge is 2.30. The molecule has 2 aromatic carbocycles. The van der Waals surface area contributed by atoms with E-state index in [9.17, 15) is 9.59 Å². The Morgan fingerprint density at radius 1 is 1.16 bits per heavy atom. The Hall–Kier alpha value is -2.90. The van der Waals surface area contributed by atoms with Crippen molar-refractivity contribution in [3.05, 3.63) is 58.5 Å². The van der Waals surface area contributed by atoms with Gasteiger partial charge in [0.05, 0.1) is 12.2 Å². The van der Waals surface area contributed by atoms with Gasteiger partial charge in [0.15, 0.2) is 6.61 Å². The van der Waals surface area contributed by atoms with Crippen LogP contribution in [0.25, 0.3) is 10.8 Å². The van der Waals surface area contributed by atoms with E-state index in [1.54, 1.807) is 6.92 Å². The van der Waals surface area contributed by atoms with E-state index < -0.39 is 0 Å². The smallest absolute Gasteiger partial charge is 0.341 e. The second kappa shape index (κ2) is 9.71. The average molecular weight is 453 g/mol. The van der Waals surface area contributed by atoms with Gasteiger partial charge in [-0.15, -0.1) is 11.3 Å². The molecule has 0 aliphatic carbocycles. The standard InChI is InChI=1S/C25H28N2O4S/c1-4-30-25(29)23-20-11-12-27(16(2)3)14-21(20)32-24(23)26-22(28)15-31-19-10-9-17-7-5-6-8-18(17)13-19/h5-10,13,16H,4,11-12,14-15H2,1-3H3,(H,26,28). The summed E-state index contributed by atoms with van der Waals surface area (Å²) in [4.78, 5) is 28.8. The molecule has 0 atom stereocenters. The lowest BCUT2D eigenvalue weighted by Gasteiger charge is -2.30. The van der Waals surface area contributed by atoms with Gasteiger partial charge in [0.2, 0.25) is 0 Å². The van der Waals surface area contributed by atoms with E-state index in [0.717, 1.165) is 40.7 Å². The molecular formula is C25H28N2O4S. The third-order valence-electron chi connectivity index (χ3n) is 5.64. The number of thiophene rings is 1. The Kier molecular flexibility index (Phi) is 6.77. The Labute approximate surface area is 192 Å². The highest BCUT2D eigenvalue weighted by molar-refractivity contribution is 7.17.